The summed E-state index contributed by atoms with van der Waals surface area (Å²) in [6, 6.07) is 2.84. The minimum absolute atomic E-state index is 0.123. The zero-order valence-corrected chi connectivity index (χ0v) is 8.19. The average molecular weight is 206 g/mol. The molecule has 1 heterocycles. The highest BCUT2D eigenvalue weighted by molar-refractivity contribution is 5.98. The Kier molecular flexibility index (Phi) is 2.19. The molecule has 0 saturated heterocycles. The van der Waals surface area contributed by atoms with Crippen LogP contribution in [0.15, 0.2) is 12.1 Å². The first-order valence-electron chi connectivity index (χ1n) is 4.64. The zero-order valence-electron chi connectivity index (χ0n) is 8.19. The molecular weight excluding hydrogens is 196 g/mol. The summed E-state index contributed by atoms with van der Waals surface area (Å²) < 4.78 is 4.98. The SMILES string of the molecule is C[C@H]1Cc2c(C=O)ccc(O)c2C(=O)O1. The van der Waals surface area contributed by atoms with E-state index in [1.807, 2.05) is 0 Å². The predicted molar refractivity (Wildman–Crippen MR) is 52.1 cm³/mol. The molecule has 4 nitrogen and oxygen atoms in total. The number of ether oxygens (including phenoxy) is 1. The van der Waals surface area contributed by atoms with Crippen LogP contribution in [0.4, 0.5) is 0 Å². The second-order valence-electron chi connectivity index (χ2n) is 3.57. The number of benzene rings is 1. The second kappa shape index (κ2) is 3.38. The number of carbonyl (C=O) groups is 2. The zero-order chi connectivity index (χ0) is 11.0. The summed E-state index contributed by atoms with van der Waals surface area (Å²) in [5.74, 6) is -0.697. The Morgan fingerprint density at radius 1 is 1.53 bits per heavy atom. The van der Waals surface area contributed by atoms with E-state index in [1.165, 1.54) is 12.1 Å². The van der Waals surface area contributed by atoms with Crippen molar-refractivity contribution in [2.75, 3.05) is 0 Å². The number of phenolic OH excluding ortho intramolecular Hbond substituents is 1. The molecule has 78 valence electrons. The van der Waals surface area contributed by atoms with Crippen LogP contribution in [0.1, 0.15) is 33.2 Å². The number of hydrogen-bond donors (Lipinski definition) is 1. The second-order valence-corrected chi connectivity index (χ2v) is 3.57. The molecule has 1 aromatic carbocycles. The fraction of sp³-hybridized carbons (Fsp3) is 0.273. The molecule has 1 aliphatic heterocycles. The monoisotopic (exact) mass is 206 g/mol. The van der Waals surface area contributed by atoms with Crippen LogP contribution >= 0.6 is 0 Å². The van der Waals surface area contributed by atoms with Gasteiger partial charge in [0.25, 0.3) is 0 Å². The van der Waals surface area contributed by atoms with Crippen LogP contribution in [0.5, 0.6) is 5.75 Å². The summed E-state index contributed by atoms with van der Waals surface area (Å²) in [6.07, 6.45) is 0.887. The molecule has 0 saturated carbocycles. The standard InChI is InChI=1S/C11H10O4/c1-6-4-8-7(5-12)2-3-9(13)10(8)11(14)15-6/h2-3,5-6,13H,4H2,1H3/t6-/m0/s1. The molecule has 0 unspecified atom stereocenters. The largest absolute Gasteiger partial charge is 0.507 e. The Morgan fingerprint density at radius 3 is 2.93 bits per heavy atom. The first-order chi connectivity index (χ1) is 7.13. The summed E-state index contributed by atoms with van der Waals surface area (Å²) in [4.78, 5) is 22.3. The fourth-order valence-corrected chi connectivity index (χ4v) is 1.78. The van der Waals surface area contributed by atoms with E-state index in [1.54, 1.807) is 6.92 Å². The number of carbonyl (C=O) groups excluding carboxylic acids is 2. The highest BCUT2D eigenvalue weighted by atomic mass is 16.5. The summed E-state index contributed by atoms with van der Waals surface area (Å²) in [5.41, 5.74) is 1.14. The van der Waals surface area contributed by atoms with Crippen molar-refractivity contribution in [2.45, 2.75) is 19.4 Å². The number of phenols is 1. The third kappa shape index (κ3) is 1.48. The lowest BCUT2D eigenvalue weighted by molar-refractivity contribution is 0.0297. The quantitative estimate of drug-likeness (QED) is 0.555. The van der Waals surface area contributed by atoms with Crippen LogP contribution in [-0.4, -0.2) is 23.5 Å². The summed E-state index contributed by atoms with van der Waals surface area (Å²) in [7, 11) is 0. The molecule has 0 radical (unpaired) electrons. The van der Waals surface area contributed by atoms with E-state index in [2.05, 4.69) is 0 Å². The van der Waals surface area contributed by atoms with Gasteiger partial charge in [-0.25, -0.2) is 4.79 Å². The van der Waals surface area contributed by atoms with E-state index in [4.69, 9.17) is 4.74 Å². The number of esters is 1. The number of hydrogen-bond acceptors (Lipinski definition) is 4. The van der Waals surface area contributed by atoms with Crippen molar-refractivity contribution in [3.05, 3.63) is 28.8 Å². The number of rotatable bonds is 1. The van der Waals surface area contributed by atoms with Crippen molar-refractivity contribution in [3.8, 4) is 5.75 Å². The molecule has 15 heavy (non-hydrogen) atoms. The molecule has 1 N–H and O–H groups in total. The molecule has 1 atom stereocenters. The Morgan fingerprint density at radius 2 is 2.27 bits per heavy atom. The van der Waals surface area contributed by atoms with E-state index >= 15 is 0 Å². The van der Waals surface area contributed by atoms with E-state index in [0.29, 0.717) is 23.8 Å². The van der Waals surface area contributed by atoms with Gasteiger partial charge in [-0.3, -0.25) is 4.79 Å². The van der Waals surface area contributed by atoms with Gasteiger partial charge in [-0.2, -0.15) is 0 Å². The Hall–Kier alpha value is -1.84. The third-order valence-electron chi connectivity index (χ3n) is 2.46. The molecule has 0 bridgehead atoms. The summed E-state index contributed by atoms with van der Waals surface area (Å²) in [5, 5.41) is 9.52. The molecule has 1 aromatic rings. The van der Waals surface area contributed by atoms with Gasteiger partial charge >= 0.3 is 5.97 Å². The lowest BCUT2D eigenvalue weighted by atomic mass is 9.94. The van der Waals surface area contributed by atoms with E-state index in [-0.39, 0.29) is 17.4 Å². The van der Waals surface area contributed by atoms with Crippen molar-refractivity contribution in [3.63, 3.8) is 0 Å². The maximum atomic E-state index is 11.5. The van der Waals surface area contributed by atoms with Gasteiger partial charge in [0.1, 0.15) is 23.7 Å². The molecule has 4 heteroatoms. The van der Waals surface area contributed by atoms with Gasteiger partial charge in [0.2, 0.25) is 0 Å². The highest BCUT2D eigenvalue weighted by Gasteiger charge is 2.28. The van der Waals surface area contributed by atoms with Gasteiger partial charge in [0.05, 0.1) is 0 Å². The molecule has 0 fully saturated rings. The maximum absolute atomic E-state index is 11.5. The normalized spacial score (nSPS) is 19.3. The van der Waals surface area contributed by atoms with Crippen molar-refractivity contribution in [1.82, 2.24) is 0 Å². The molecule has 0 amide bonds. The van der Waals surface area contributed by atoms with Crippen LogP contribution < -0.4 is 0 Å². The van der Waals surface area contributed by atoms with Crippen molar-refractivity contribution < 1.29 is 19.4 Å². The van der Waals surface area contributed by atoms with Gasteiger partial charge in [0, 0.05) is 12.0 Å². The Labute approximate surface area is 86.5 Å². The van der Waals surface area contributed by atoms with Crippen LogP contribution in [0.25, 0.3) is 0 Å². The van der Waals surface area contributed by atoms with Gasteiger partial charge in [-0.15, -0.1) is 0 Å². The third-order valence-corrected chi connectivity index (χ3v) is 2.46. The number of cyclic esters (lactones) is 1. The van der Waals surface area contributed by atoms with Crippen molar-refractivity contribution in [2.24, 2.45) is 0 Å². The Bertz CT molecular complexity index is 436. The van der Waals surface area contributed by atoms with E-state index < -0.39 is 5.97 Å². The average Bonchev–Trinajstić information content (AvgIpc) is 2.17. The molecule has 0 aromatic heterocycles. The highest BCUT2D eigenvalue weighted by Crippen LogP contribution is 2.30. The smallest absolute Gasteiger partial charge is 0.342 e. The van der Waals surface area contributed by atoms with Gasteiger partial charge in [-0.05, 0) is 24.6 Å². The van der Waals surface area contributed by atoms with Gasteiger partial charge < -0.3 is 9.84 Å². The van der Waals surface area contributed by atoms with Gasteiger partial charge in [-0.1, -0.05) is 0 Å². The van der Waals surface area contributed by atoms with Crippen LogP contribution in [0, 0.1) is 0 Å². The topological polar surface area (TPSA) is 63.6 Å². The minimum atomic E-state index is -0.565. The van der Waals surface area contributed by atoms with Crippen LogP contribution in [-0.2, 0) is 11.2 Å². The lowest BCUT2D eigenvalue weighted by Gasteiger charge is -2.23. The van der Waals surface area contributed by atoms with Crippen LogP contribution in [0.3, 0.4) is 0 Å². The minimum Gasteiger partial charge on any atom is -0.507 e. The Balaban J connectivity index is 2.66. The maximum Gasteiger partial charge on any atom is 0.342 e. The number of fused-ring (bicyclic) bond motifs is 1. The molecule has 0 aliphatic carbocycles. The number of aldehydes is 1. The van der Waals surface area contributed by atoms with E-state index in [0.717, 1.165) is 0 Å². The summed E-state index contributed by atoms with van der Waals surface area (Å²) in [6.45, 7) is 1.75. The van der Waals surface area contributed by atoms with Crippen molar-refractivity contribution in [1.29, 1.82) is 0 Å². The first-order valence-corrected chi connectivity index (χ1v) is 4.64. The fourth-order valence-electron chi connectivity index (χ4n) is 1.78. The van der Waals surface area contributed by atoms with Crippen LogP contribution in [0.2, 0.25) is 0 Å². The van der Waals surface area contributed by atoms with Crippen molar-refractivity contribution >= 4 is 12.3 Å². The summed E-state index contributed by atoms with van der Waals surface area (Å²) >= 11 is 0. The molecular formula is C11H10O4. The van der Waals surface area contributed by atoms with E-state index in [9.17, 15) is 14.7 Å². The lowest BCUT2D eigenvalue weighted by Crippen LogP contribution is -2.26. The van der Waals surface area contributed by atoms with Gasteiger partial charge in [0.15, 0.2) is 0 Å². The molecule has 0 spiro atoms. The first kappa shape index (κ1) is 9.71. The number of aromatic hydroxyl groups is 1. The predicted octanol–water partition coefficient (Wildman–Crippen LogP) is 1.31. The molecule has 1 aliphatic rings. The molecule has 2 rings (SSSR count).